The van der Waals surface area contributed by atoms with E-state index in [4.69, 9.17) is 16.3 Å². The summed E-state index contributed by atoms with van der Waals surface area (Å²) in [5, 5.41) is 4.61. The number of halogens is 2. The fraction of sp³-hybridized carbons (Fsp3) is 0.444. The zero-order valence-electron chi connectivity index (χ0n) is 7.96. The molecule has 0 atom stereocenters. The predicted molar refractivity (Wildman–Crippen MR) is 70.9 cm³/mol. The first-order valence-corrected chi connectivity index (χ1v) is 6.89. The van der Waals surface area contributed by atoms with Crippen molar-refractivity contribution in [2.45, 2.75) is 0 Å². The molecule has 1 heterocycles. The maximum atomic E-state index is 11.5. The molecular formula is C9H11ClINO2S. The molecule has 0 saturated heterocycles. The first-order valence-electron chi connectivity index (χ1n) is 4.40. The van der Waals surface area contributed by atoms with Gasteiger partial charge in [0.15, 0.2) is 0 Å². The van der Waals surface area contributed by atoms with Gasteiger partial charge in [0.05, 0.1) is 21.7 Å². The van der Waals surface area contributed by atoms with Gasteiger partial charge in [0.1, 0.15) is 0 Å². The third kappa shape index (κ3) is 5.14. The number of carbonyl (C=O) groups is 1. The average Bonchev–Trinajstić information content (AvgIpc) is 2.64. The standard InChI is InChI=1S/C9H11ClINO2S/c10-1-3-14-4-2-12-9(13)7-5-8(11)15-6-7/h5-6H,1-4H2,(H,12,13). The predicted octanol–water partition coefficient (Wildman–Crippen LogP) is 2.34. The van der Waals surface area contributed by atoms with Crippen LogP contribution in [0.25, 0.3) is 0 Å². The van der Waals surface area contributed by atoms with Crippen LogP contribution in [-0.4, -0.2) is 31.5 Å². The molecule has 1 aromatic rings. The summed E-state index contributed by atoms with van der Waals surface area (Å²) in [4.78, 5) is 11.5. The van der Waals surface area contributed by atoms with E-state index in [1.165, 1.54) is 0 Å². The molecular weight excluding hydrogens is 349 g/mol. The molecule has 0 spiro atoms. The Morgan fingerprint density at radius 1 is 1.60 bits per heavy atom. The number of carbonyl (C=O) groups excluding carboxylic acids is 1. The van der Waals surface area contributed by atoms with Gasteiger partial charge in [0.25, 0.3) is 5.91 Å². The van der Waals surface area contributed by atoms with Crippen LogP contribution in [0.15, 0.2) is 11.4 Å². The van der Waals surface area contributed by atoms with E-state index >= 15 is 0 Å². The topological polar surface area (TPSA) is 38.3 Å². The lowest BCUT2D eigenvalue weighted by molar-refractivity contribution is 0.0924. The Balaban J connectivity index is 2.19. The van der Waals surface area contributed by atoms with Crippen LogP contribution in [0.3, 0.4) is 0 Å². The molecule has 15 heavy (non-hydrogen) atoms. The van der Waals surface area contributed by atoms with Crippen molar-refractivity contribution in [1.29, 1.82) is 0 Å². The van der Waals surface area contributed by atoms with Gasteiger partial charge in [-0.15, -0.1) is 22.9 Å². The third-order valence-electron chi connectivity index (χ3n) is 1.58. The van der Waals surface area contributed by atoms with Crippen LogP contribution in [-0.2, 0) is 4.74 Å². The van der Waals surface area contributed by atoms with Crippen LogP contribution in [0.2, 0.25) is 0 Å². The summed E-state index contributed by atoms with van der Waals surface area (Å²) >= 11 is 9.18. The lowest BCUT2D eigenvalue weighted by Crippen LogP contribution is -2.27. The molecule has 0 unspecified atom stereocenters. The summed E-state index contributed by atoms with van der Waals surface area (Å²) in [5.74, 6) is 0.431. The Kier molecular flexibility index (Phi) is 6.54. The Bertz CT molecular complexity index is 319. The zero-order valence-corrected chi connectivity index (χ0v) is 11.7. The Morgan fingerprint density at radius 3 is 3.00 bits per heavy atom. The van der Waals surface area contributed by atoms with Crippen molar-refractivity contribution in [2.75, 3.05) is 25.6 Å². The number of hydrogen-bond acceptors (Lipinski definition) is 3. The SMILES string of the molecule is O=C(NCCOCCCl)c1csc(I)c1. The molecule has 84 valence electrons. The third-order valence-corrected chi connectivity index (χ3v) is 3.53. The molecule has 1 aromatic heterocycles. The number of rotatable bonds is 6. The fourth-order valence-electron chi connectivity index (χ4n) is 0.925. The number of alkyl halides is 1. The molecule has 0 aliphatic heterocycles. The second kappa shape index (κ2) is 7.43. The van der Waals surface area contributed by atoms with Gasteiger partial charge in [-0.3, -0.25) is 4.79 Å². The molecule has 6 heteroatoms. The van der Waals surface area contributed by atoms with Crippen molar-refractivity contribution >= 4 is 51.4 Å². The molecule has 3 nitrogen and oxygen atoms in total. The highest BCUT2D eigenvalue weighted by Gasteiger charge is 2.06. The second-order valence-corrected chi connectivity index (χ2v) is 5.88. The molecule has 0 fully saturated rings. The van der Waals surface area contributed by atoms with E-state index in [1.54, 1.807) is 11.3 Å². The van der Waals surface area contributed by atoms with Crippen LogP contribution >= 0.6 is 45.5 Å². The molecule has 0 aliphatic rings. The van der Waals surface area contributed by atoms with Crippen LogP contribution < -0.4 is 5.32 Å². The number of ether oxygens (including phenoxy) is 1. The molecule has 1 N–H and O–H groups in total. The first kappa shape index (κ1) is 13.2. The molecule has 1 rings (SSSR count). The van der Waals surface area contributed by atoms with Crippen molar-refractivity contribution < 1.29 is 9.53 Å². The summed E-state index contributed by atoms with van der Waals surface area (Å²) in [7, 11) is 0. The molecule has 1 amide bonds. The molecule has 0 aliphatic carbocycles. The number of thiophene rings is 1. The van der Waals surface area contributed by atoms with E-state index in [2.05, 4.69) is 27.9 Å². The normalized spacial score (nSPS) is 10.3. The lowest BCUT2D eigenvalue weighted by Gasteiger charge is -2.03. The smallest absolute Gasteiger partial charge is 0.252 e. The largest absolute Gasteiger partial charge is 0.378 e. The zero-order chi connectivity index (χ0) is 11.1. The minimum absolute atomic E-state index is 0.0522. The Morgan fingerprint density at radius 2 is 2.40 bits per heavy atom. The van der Waals surface area contributed by atoms with Gasteiger partial charge < -0.3 is 10.1 Å². The number of hydrogen-bond donors (Lipinski definition) is 1. The lowest BCUT2D eigenvalue weighted by atomic mass is 10.3. The Labute approximate surface area is 111 Å². The van der Waals surface area contributed by atoms with Crippen molar-refractivity contribution in [3.05, 3.63) is 19.9 Å². The second-order valence-electron chi connectivity index (χ2n) is 2.70. The van der Waals surface area contributed by atoms with Crippen LogP contribution in [0.4, 0.5) is 0 Å². The van der Waals surface area contributed by atoms with E-state index in [0.29, 0.717) is 31.2 Å². The monoisotopic (exact) mass is 359 g/mol. The quantitative estimate of drug-likeness (QED) is 0.481. The average molecular weight is 360 g/mol. The number of amides is 1. The summed E-state index contributed by atoms with van der Waals surface area (Å²) in [5.41, 5.74) is 0.710. The van der Waals surface area contributed by atoms with Gasteiger partial charge >= 0.3 is 0 Å². The van der Waals surface area contributed by atoms with E-state index in [-0.39, 0.29) is 5.91 Å². The number of nitrogens with one attached hydrogen (secondary N) is 1. The van der Waals surface area contributed by atoms with Crippen LogP contribution in [0.1, 0.15) is 10.4 Å². The van der Waals surface area contributed by atoms with E-state index in [1.807, 2.05) is 11.4 Å². The van der Waals surface area contributed by atoms with Gasteiger partial charge in [0.2, 0.25) is 0 Å². The highest BCUT2D eigenvalue weighted by Crippen LogP contribution is 2.16. The Hall–Kier alpha value is 0.150. The van der Waals surface area contributed by atoms with Crippen molar-refractivity contribution in [1.82, 2.24) is 5.32 Å². The van der Waals surface area contributed by atoms with E-state index in [9.17, 15) is 4.79 Å². The minimum Gasteiger partial charge on any atom is -0.378 e. The van der Waals surface area contributed by atoms with Crippen molar-refractivity contribution in [2.24, 2.45) is 0 Å². The van der Waals surface area contributed by atoms with Gasteiger partial charge in [-0.25, -0.2) is 0 Å². The molecule has 0 aromatic carbocycles. The van der Waals surface area contributed by atoms with Gasteiger partial charge in [-0.1, -0.05) is 0 Å². The summed E-state index contributed by atoms with van der Waals surface area (Å²) in [6.45, 7) is 1.54. The van der Waals surface area contributed by atoms with Crippen molar-refractivity contribution in [3.8, 4) is 0 Å². The highest BCUT2D eigenvalue weighted by molar-refractivity contribution is 14.1. The summed E-state index contributed by atoms with van der Waals surface area (Å²) < 4.78 is 6.24. The highest BCUT2D eigenvalue weighted by atomic mass is 127. The van der Waals surface area contributed by atoms with Gasteiger partial charge in [0, 0.05) is 17.8 Å². The van der Waals surface area contributed by atoms with E-state index < -0.39 is 0 Å². The molecule has 0 radical (unpaired) electrons. The fourth-order valence-corrected chi connectivity index (χ4v) is 2.36. The van der Waals surface area contributed by atoms with E-state index in [0.717, 1.165) is 2.88 Å². The van der Waals surface area contributed by atoms with Gasteiger partial charge in [-0.2, -0.15) is 0 Å². The maximum absolute atomic E-state index is 11.5. The first-order chi connectivity index (χ1) is 7.24. The molecule has 0 bridgehead atoms. The van der Waals surface area contributed by atoms with Crippen LogP contribution in [0.5, 0.6) is 0 Å². The molecule has 0 saturated carbocycles. The van der Waals surface area contributed by atoms with Crippen molar-refractivity contribution in [3.63, 3.8) is 0 Å². The van der Waals surface area contributed by atoms with Gasteiger partial charge in [-0.05, 0) is 28.7 Å². The minimum atomic E-state index is -0.0522. The maximum Gasteiger partial charge on any atom is 0.252 e. The summed E-state index contributed by atoms with van der Waals surface area (Å²) in [6, 6.07) is 1.86. The summed E-state index contributed by atoms with van der Waals surface area (Å²) in [6.07, 6.45) is 0. The van der Waals surface area contributed by atoms with Crippen LogP contribution in [0, 0.1) is 2.88 Å².